The summed E-state index contributed by atoms with van der Waals surface area (Å²) in [5.41, 5.74) is 2.12. The van der Waals surface area contributed by atoms with E-state index in [1.54, 1.807) is 23.5 Å². The Kier molecular flexibility index (Phi) is 6.59. The third-order valence-corrected chi connectivity index (χ3v) is 5.48. The highest BCUT2D eigenvalue weighted by molar-refractivity contribution is 7.07. The first-order valence-corrected chi connectivity index (χ1v) is 9.94. The molecule has 1 unspecified atom stereocenters. The van der Waals surface area contributed by atoms with Crippen LogP contribution >= 0.6 is 11.3 Å². The van der Waals surface area contributed by atoms with Crippen molar-refractivity contribution in [2.45, 2.75) is 38.1 Å². The van der Waals surface area contributed by atoms with Gasteiger partial charge in [-0.05, 0) is 66.0 Å². The molecule has 134 valence electrons. The SMILES string of the molecule is O=C(Cc1ccc(F)cc1)NCC(c1ccsc1)N1CCCCCC1. The lowest BCUT2D eigenvalue weighted by atomic mass is 10.1. The molecule has 3 rings (SSSR count). The fourth-order valence-corrected chi connectivity index (χ4v) is 4.10. The van der Waals surface area contributed by atoms with Crippen LogP contribution < -0.4 is 5.32 Å². The van der Waals surface area contributed by atoms with Gasteiger partial charge in [0.1, 0.15) is 5.82 Å². The number of hydrogen-bond donors (Lipinski definition) is 1. The fourth-order valence-electron chi connectivity index (χ4n) is 3.39. The van der Waals surface area contributed by atoms with Gasteiger partial charge < -0.3 is 5.32 Å². The Morgan fingerprint density at radius 1 is 1.12 bits per heavy atom. The molecule has 1 fully saturated rings. The van der Waals surface area contributed by atoms with E-state index in [2.05, 4.69) is 27.0 Å². The Morgan fingerprint density at radius 2 is 1.84 bits per heavy atom. The number of amides is 1. The van der Waals surface area contributed by atoms with Crippen molar-refractivity contribution >= 4 is 17.2 Å². The molecule has 1 aliphatic heterocycles. The second-order valence-electron chi connectivity index (χ2n) is 6.63. The zero-order valence-electron chi connectivity index (χ0n) is 14.4. The number of likely N-dealkylation sites (tertiary alicyclic amines) is 1. The van der Waals surface area contributed by atoms with E-state index in [9.17, 15) is 9.18 Å². The Bertz CT molecular complexity index is 649. The van der Waals surface area contributed by atoms with Crippen molar-refractivity contribution in [3.63, 3.8) is 0 Å². The molecule has 1 atom stereocenters. The molecule has 0 saturated carbocycles. The number of thiophene rings is 1. The van der Waals surface area contributed by atoms with Crippen LogP contribution in [0.15, 0.2) is 41.1 Å². The van der Waals surface area contributed by atoms with Crippen molar-refractivity contribution in [1.82, 2.24) is 10.2 Å². The van der Waals surface area contributed by atoms with Crippen molar-refractivity contribution in [2.24, 2.45) is 0 Å². The first kappa shape index (κ1) is 18.1. The van der Waals surface area contributed by atoms with E-state index in [0.717, 1.165) is 18.7 Å². The number of nitrogens with one attached hydrogen (secondary N) is 1. The van der Waals surface area contributed by atoms with Gasteiger partial charge in [0.05, 0.1) is 12.5 Å². The number of hydrogen-bond acceptors (Lipinski definition) is 3. The fraction of sp³-hybridized carbons (Fsp3) is 0.450. The molecule has 1 aromatic carbocycles. The summed E-state index contributed by atoms with van der Waals surface area (Å²) < 4.78 is 13.0. The Balaban J connectivity index is 1.60. The summed E-state index contributed by atoms with van der Waals surface area (Å²) in [7, 11) is 0. The van der Waals surface area contributed by atoms with Gasteiger partial charge in [-0.2, -0.15) is 11.3 Å². The zero-order chi connectivity index (χ0) is 17.5. The first-order chi connectivity index (χ1) is 12.2. The van der Waals surface area contributed by atoms with Gasteiger partial charge in [-0.25, -0.2) is 4.39 Å². The van der Waals surface area contributed by atoms with Gasteiger partial charge in [-0.15, -0.1) is 0 Å². The van der Waals surface area contributed by atoms with Crippen LogP contribution in [0.2, 0.25) is 0 Å². The summed E-state index contributed by atoms with van der Waals surface area (Å²) in [5.74, 6) is -0.287. The van der Waals surface area contributed by atoms with Crippen molar-refractivity contribution in [2.75, 3.05) is 19.6 Å². The lowest BCUT2D eigenvalue weighted by Crippen LogP contribution is -2.39. The lowest BCUT2D eigenvalue weighted by molar-refractivity contribution is -0.120. The van der Waals surface area contributed by atoms with E-state index < -0.39 is 0 Å². The highest BCUT2D eigenvalue weighted by atomic mass is 32.1. The summed E-state index contributed by atoms with van der Waals surface area (Å²) >= 11 is 1.70. The molecule has 0 aliphatic carbocycles. The third-order valence-electron chi connectivity index (χ3n) is 4.78. The van der Waals surface area contributed by atoms with E-state index in [1.807, 2.05) is 0 Å². The van der Waals surface area contributed by atoms with Gasteiger partial charge in [-0.1, -0.05) is 25.0 Å². The molecule has 0 spiro atoms. The zero-order valence-corrected chi connectivity index (χ0v) is 15.2. The molecule has 3 nitrogen and oxygen atoms in total. The van der Waals surface area contributed by atoms with Crippen LogP contribution in [0.25, 0.3) is 0 Å². The van der Waals surface area contributed by atoms with Crippen LogP contribution in [0.1, 0.15) is 42.9 Å². The predicted molar refractivity (Wildman–Crippen MR) is 100 cm³/mol. The molecule has 5 heteroatoms. The number of carbonyl (C=O) groups is 1. The van der Waals surface area contributed by atoms with E-state index in [1.165, 1.54) is 43.4 Å². The van der Waals surface area contributed by atoms with Gasteiger partial charge in [0.25, 0.3) is 0 Å². The van der Waals surface area contributed by atoms with Crippen LogP contribution in [0.5, 0.6) is 0 Å². The topological polar surface area (TPSA) is 32.3 Å². The molecule has 25 heavy (non-hydrogen) atoms. The van der Waals surface area contributed by atoms with Crippen LogP contribution in [0.4, 0.5) is 4.39 Å². The summed E-state index contributed by atoms with van der Waals surface area (Å²) in [6.45, 7) is 2.81. The second kappa shape index (κ2) is 9.11. The molecule has 2 heterocycles. The molecule has 0 radical (unpaired) electrons. The van der Waals surface area contributed by atoms with Gasteiger partial charge >= 0.3 is 0 Å². The molecule has 1 saturated heterocycles. The number of nitrogens with zero attached hydrogens (tertiary/aromatic N) is 1. The molecule has 2 aromatic rings. The average Bonchev–Trinajstić information content (AvgIpc) is 3.00. The predicted octanol–water partition coefficient (Wildman–Crippen LogP) is 4.16. The highest BCUT2D eigenvalue weighted by Gasteiger charge is 2.22. The van der Waals surface area contributed by atoms with Gasteiger partial charge in [-0.3, -0.25) is 9.69 Å². The smallest absolute Gasteiger partial charge is 0.224 e. The van der Waals surface area contributed by atoms with E-state index in [4.69, 9.17) is 0 Å². The normalized spacial score (nSPS) is 17.0. The Morgan fingerprint density at radius 3 is 2.48 bits per heavy atom. The van der Waals surface area contributed by atoms with Crippen LogP contribution in [-0.2, 0) is 11.2 Å². The minimum absolute atomic E-state index is 0.0124. The Hall–Kier alpha value is -1.72. The molecule has 1 N–H and O–H groups in total. The number of rotatable bonds is 6. The maximum absolute atomic E-state index is 13.0. The minimum Gasteiger partial charge on any atom is -0.354 e. The van der Waals surface area contributed by atoms with Crippen molar-refractivity contribution < 1.29 is 9.18 Å². The summed E-state index contributed by atoms with van der Waals surface area (Å²) in [4.78, 5) is 14.8. The maximum Gasteiger partial charge on any atom is 0.224 e. The van der Waals surface area contributed by atoms with Gasteiger partial charge in [0.2, 0.25) is 5.91 Å². The average molecular weight is 360 g/mol. The molecular formula is C20H25FN2OS. The lowest BCUT2D eigenvalue weighted by Gasteiger charge is -2.30. The van der Waals surface area contributed by atoms with Crippen molar-refractivity contribution in [3.8, 4) is 0 Å². The number of benzene rings is 1. The van der Waals surface area contributed by atoms with E-state index in [-0.39, 0.29) is 24.2 Å². The van der Waals surface area contributed by atoms with Crippen LogP contribution in [-0.4, -0.2) is 30.4 Å². The number of carbonyl (C=O) groups excluding carboxylic acids is 1. The molecule has 1 aliphatic rings. The summed E-state index contributed by atoms with van der Waals surface area (Å²) in [6, 6.07) is 8.52. The van der Waals surface area contributed by atoms with E-state index in [0.29, 0.717) is 6.54 Å². The summed E-state index contributed by atoms with van der Waals surface area (Å²) in [6.07, 6.45) is 5.33. The minimum atomic E-state index is -0.275. The van der Waals surface area contributed by atoms with Crippen LogP contribution in [0.3, 0.4) is 0 Å². The van der Waals surface area contributed by atoms with Crippen LogP contribution in [0, 0.1) is 5.82 Å². The van der Waals surface area contributed by atoms with E-state index >= 15 is 0 Å². The van der Waals surface area contributed by atoms with Gasteiger partial charge in [0.15, 0.2) is 0 Å². The molecule has 1 amide bonds. The van der Waals surface area contributed by atoms with Crippen molar-refractivity contribution in [1.29, 1.82) is 0 Å². The van der Waals surface area contributed by atoms with Crippen molar-refractivity contribution in [3.05, 3.63) is 58.0 Å². The molecule has 1 aromatic heterocycles. The third kappa shape index (κ3) is 5.38. The second-order valence-corrected chi connectivity index (χ2v) is 7.41. The Labute approximate surface area is 152 Å². The summed E-state index contributed by atoms with van der Waals surface area (Å²) in [5, 5.41) is 7.36. The largest absolute Gasteiger partial charge is 0.354 e. The van der Waals surface area contributed by atoms with Gasteiger partial charge in [0, 0.05) is 6.54 Å². The first-order valence-electron chi connectivity index (χ1n) is 8.99. The molecular weight excluding hydrogens is 335 g/mol. The maximum atomic E-state index is 13.0. The monoisotopic (exact) mass is 360 g/mol. The molecule has 0 bridgehead atoms. The number of halogens is 1. The highest BCUT2D eigenvalue weighted by Crippen LogP contribution is 2.25. The quantitative estimate of drug-likeness (QED) is 0.839. The standard InChI is InChI=1S/C20H25FN2OS/c21-18-7-5-16(6-8-18)13-20(24)22-14-19(17-9-12-25-15-17)23-10-3-1-2-4-11-23/h5-9,12,15,19H,1-4,10-11,13-14H2,(H,22,24).